The molecule has 1 aromatic rings. The van der Waals surface area contributed by atoms with Gasteiger partial charge in [0, 0.05) is 12.6 Å². The van der Waals surface area contributed by atoms with Crippen LogP contribution >= 0.6 is 0 Å². The summed E-state index contributed by atoms with van der Waals surface area (Å²) in [7, 11) is 0. The third-order valence-corrected chi connectivity index (χ3v) is 3.06. The van der Waals surface area contributed by atoms with Crippen LogP contribution in [0.15, 0.2) is 30.8 Å². The molecule has 0 radical (unpaired) electrons. The first-order chi connectivity index (χ1) is 11.9. The Morgan fingerprint density at radius 1 is 1.36 bits per heavy atom. The molecule has 0 aliphatic rings. The standard InChI is InChI=1S/C14H21NO2.C5H11NO2/c1-4-12-5-7-14(8-6-12)17-10-13(16)9-15-11(2)3;1-2-3-4-8-5(6)7/h4-8,11,13,15-16H,1,9-10H2,2-3H3;2-4H2,1H3,(H2,6,7). The molecular formula is C19H32N2O4. The van der Waals surface area contributed by atoms with Crippen LogP contribution in [0.25, 0.3) is 6.08 Å². The number of unbranched alkanes of at least 4 members (excludes halogenated alkanes) is 1. The molecular weight excluding hydrogens is 320 g/mol. The molecule has 1 amide bonds. The summed E-state index contributed by atoms with van der Waals surface area (Å²) < 4.78 is 9.90. The van der Waals surface area contributed by atoms with Gasteiger partial charge in [-0.05, 0) is 24.1 Å². The van der Waals surface area contributed by atoms with E-state index in [2.05, 4.69) is 22.4 Å². The maximum absolute atomic E-state index is 9.87. The van der Waals surface area contributed by atoms with Crippen molar-refractivity contribution in [3.05, 3.63) is 36.4 Å². The maximum atomic E-state index is 9.87. The zero-order valence-corrected chi connectivity index (χ0v) is 15.5. The second kappa shape index (κ2) is 14.3. The Labute approximate surface area is 151 Å². The zero-order chi connectivity index (χ0) is 19.1. The molecule has 0 aliphatic carbocycles. The summed E-state index contributed by atoms with van der Waals surface area (Å²) in [6, 6.07) is 7.98. The van der Waals surface area contributed by atoms with Crippen molar-refractivity contribution in [2.75, 3.05) is 19.8 Å². The van der Waals surface area contributed by atoms with Gasteiger partial charge in [0.25, 0.3) is 0 Å². The van der Waals surface area contributed by atoms with Gasteiger partial charge in [-0.3, -0.25) is 0 Å². The Hall–Kier alpha value is -2.05. The highest BCUT2D eigenvalue weighted by Crippen LogP contribution is 2.12. The molecule has 4 N–H and O–H groups in total. The Morgan fingerprint density at radius 3 is 2.48 bits per heavy atom. The van der Waals surface area contributed by atoms with Crippen molar-refractivity contribution in [3.8, 4) is 5.75 Å². The number of aliphatic hydroxyl groups is 1. The number of aliphatic hydroxyl groups excluding tert-OH is 1. The molecule has 6 heteroatoms. The normalized spacial score (nSPS) is 11.2. The van der Waals surface area contributed by atoms with E-state index in [1.165, 1.54) is 0 Å². The lowest BCUT2D eigenvalue weighted by atomic mass is 10.2. The van der Waals surface area contributed by atoms with Gasteiger partial charge in [0.15, 0.2) is 0 Å². The van der Waals surface area contributed by atoms with E-state index in [-0.39, 0.29) is 0 Å². The van der Waals surface area contributed by atoms with Crippen LogP contribution in [0.1, 0.15) is 39.2 Å². The van der Waals surface area contributed by atoms with Crippen LogP contribution in [0.2, 0.25) is 0 Å². The predicted octanol–water partition coefficient (Wildman–Crippen LogP) is 2.95. The summed E-state index contributed by atoms with van der Waals surface area (Å²) in [5.74, 6) is 0.763. The summed E-state index contributed by atoms with van der Waals surface area (Å²) >= 11 is 0. The van der Waals surface area contributed by atoms with Crippen molar-refractivity contribution in [2.24, 2.45) is 5.73 Å². The van der Waals surface area contributed by atoms with Crippen molar-refractivity contribution < 1.29 is 19.4 Å². The Kier molecular flexibility index (Phi) is 13.1. The minimum atomic E-state index is -0.682. The fourth-order valence-corrected chi connectivity index (χ4v) is 1.64. The smallest absolute Gasteiger partial charge is 0.404 e. The quantitative estimate of drug-likeness (QED) is 0.563. The van der Waals surface area contributed by atoms with Crippen LogP contribution in [-0.2, 0) is 4.74 Å². The second-order valence-corrected chi connectivity index (χ2v) is 5.82. The fourth-order valence-electron chi connectivity index (χ4n) is 1.64. The Bertz CT molecular complexity index is 475. The van der Waals surface area contributed by atoms with Crippen LogP contribution < -0.4 is 15.8 Å². The first kappa shape index (κ1) is 22.9. The van der Waals surface area contributed by atoms with E-state index in [1.807, 2.05) is 45.0 Å². The Balaban J connectivity index is 0.000000609. The topological polar surface area (TPSA) is 93.8 Å². The number of hydrogen-bond donors (Lipinski definition) is 3. The molecule has 1 aromatic carbocycles. The SMILES string of the molecule is C=Cc1ccc(OCC(O)CNC(C)C)cc1.CCCCOC(N)=O. The number of nitrogens with one attached hydrogen (secondary N) is 1. The minimum absolute atomic E-state index is 0.299. The Morgan fingerprint density at radius 2 is 2.00 bits per heavy atom. The summed E-state index contributed by atoms with van der Waals surface area (Å²) in [4.78, 5) is 9.87. The van der Waals surface area contributed by atoms with Crippen LogP contribution in [0, 0.1) is 0 Å². The number of hydrogen-bond acceptors (Lipinski definition) is 5. The molecule has 0 heterocycles. The van der Waals surface area contributed by atoms with Crippen molar-refractivity contribution in [1.29, 1.82) is 0 Å². The monoisotopic (exact) mass is 352 g/mol. The molecule has 1 rings (SSSR count). The van der Waals surface area contributed by atoms with Gasteiger partial charge < -0.3 is 25.6 Å². The van der Waals surface area contributed by atoms with Gasteiger partial charge in [-0.1, -0.05) is 52.0 Å². The molecule has 25 heavy (non-hydrogen) atoms. The molecule has 1 unspecified atom stereocenters. The van der Waals surface area contributed by atoms with Gasteiger partial charge in [0.2, 0.25) is 0 Å². The third kappa shape index (κ3) is 14.0. The number of benzene rings is 1. The largest absolute Gasteiger partial charge is 0.491 e. The number of ether oxygens (including phenoxy) is 2. The maximum Gasteiger partial charge on any atom is 0.404 e. The van der Waals surface area contributed by atoms with Crippen molar-refractivity contribution in [3.63, 3.8) is 0 Å². The third-order valence-electron chi connectivity index (χ3n) is 3.06. The lowest BCUT2D eigenvalue weighted by molar-refractivity contribution is 0.104. The van der Waals surface area contributed by atoms with Crippen LogP contribution in [0.5, 0.6) is 5.75 Å². The van der Waals surface area contributed by atoms with E-state index in [9.17, 15) is 9.90 Å². The molecule has 0 aliphatic heterocycles. The first-order valence-corrected chi connectivity index (χ1v) is 8.58. The molecule has 1 atom stereocenters. The van der Waals surface area contributed by atoms with Crippen molar-refractivity contribution >= 4 is 12.2 Å². The van der Waals surface area contributed by atoms with E-state index >= 15 is 0 Å². The van der Waals surface area contributed by atoms with Gasteiger partial charge in [-0.15, -0.1) is 0 Å². The average molecular weight is 352 g/mol. The number of nitrogens with two attached hydrogens (primary N) is 1. The van der Waals surface area contributed by atoms with E-state index in [0.717, 1.165) is 24.2 Å². The average Bonchev–Trinajstić information content (AvgIpc) is 2.59. The summed E-state index contributed by atoms with van der Waals surface area (Å²) in [6.45, 7) is 11.1. The molecule has 0 spiro atoms. The van der Waals surface area contributed by atoms with Crippen molar-refractivity contribution in [2.45, 2.75) is 45.8 Å². The van der Waals surface area contributed by atoms with Crippen molar-refractivity contribution in [1.82, 2.24) is 5.32 Å². The molecule has 0 fully saturated rings. The van der Waals surface area contributed by atoms with E-state index in [0.29, 0.717) is 25.8 Å². The predicted molar refractivity (Wildman–Crippen MR) is 102 cm³/mol. The van der Waals surface area contributed by atoms with Gasteiger partial charge in [0.05, 0.1) is 6.61 Å². The molecule has 0 bridgehead atoms. The summed E-state index contributed by atoms with van der Waals surface area (Å²) in [5.41, 5.74) is 5.73. The number of amides is 1. The molecule has 0 saturated carbocycles. The number of carbonyl (C=O) groups excluding carboxylic acids is 1. The van der Waals surface area contributed by atoms with E-state index in [4.69, 9.17) is 4.74 Å². The van der Waals surface area contributed by atoms with Crippen LogP contribution in [-0.4, -0.2) is 43.1 Å². The van der Waals surface area contributed by atoms with Gasteiger partial charge in [-0.25, -0.2) is 4.79 Å². The van der Waals surface area contributed by atoms with E-state index in [1.54, 1.807) is 6.08 Å². The highest BCUT2D eigenvalue weighted by Gasteiger charge is 2.05. The van der Waals surface area contributed by atoms with E-state index < -0.39 is 12.2 Å². The number of carbonyl (C=O) groups is 1. The molecule has 142 valence electrons. The number of primary amides is 1. The molecule has 0 saturated heterocycles. The summed E-state index contributed by atoms with van der Waals surface area (Å²) in [5, 5.41) is 12.8. The lowest BCUT2D eigenvalue weighted by Crippen LogP contribution is -2.35. The highest BCUT2D eigenvalue weighted by atomic mass is 16.5. The van der Waals surface area contributed by atoms with Crippen LogP contribution in [0.4, 0.5) is 4.79 Å². The fraction of sp³-hybridized carbons (Fsp3) is 0.526. The zero-order valence-electron chi connectivity index (χ0n) is 15.5. The highest BCUT2D eigenvalue weighted by molar-refractivity contribution is 5.64. The molecule has 6 nitrogen and oxygen atoms in total. The minimum Gasteiger partial charge on any atom is -0.491 e. The lowest BCUT2D eigenvalue weighted by Gasteiger charge is -2.15. The molecule has 0 aromatic heterocycles. The summed E-state index contributed by atoms with van der Waals surface area (Å²) in [6.07, 6.45) is 2.52. The number of rotatable bonds is 10. The first-order valence-electron chi connectivity index (χ1n) is 8.58. The van der Waals surface area contributed by atoms with Crippen LogP contribution in [0.3, 0.4) is 0 Å². The second-order valence-electron chi connectivity index (χ2n) is 5.82. The van der Waals surface area contributed by atoms with Gasteiger partial charge in [-0.2, -0.15) is 0 Å². The van der Waals surface area contributed by atoms with Gasteiger partial charge >= 0.3 is 6.09 Å². The van der Waals surface area contributed by atoms with Gasteiger partial charge in [0.1, 0.15) is 18.5 Å².